The van der Waals surface area contributed by atoms with Crippen LogP contribution >= 0.6 is 23.4 Å². The number of rotatable bonds is 2. The number of nitrogens with zero attached hydrogens (tertiary/aromatic N) is 1. The van der Waals surface area contributed by atoms with Crippen molar-refractivity contribution >= 4 is 34.8 Å². The Balaban J connectivity index is 1.82. The Labute approximate surface area is 155 Å². The highest BCUT2D eigenvalue weighted by atomic mass is 35.5. The van der Waals surface area contributed by atoms with Crippen molar-refractivity contribution in [2.24, 2.45) is 4.99 Å². The van der Waals surface area contributed by atoms with E-state index in [0.29, 0.717) is 17.0 Å². The third-order valence-electron chi connectivity index (χ3n) is 4.20. The highest BCUT2D eigenvalue weighted by Crippen LogP contribution is 2.46. The second-order valence-electron chi connectivity index (χ2n) is 5.87. The van der Waals surface area contributed by atoms with E-state index in [1.54, 1.807) is 17.8 Å². The average molecular weight is 368 g/mol. The first-order chi connectivity index (χ1) is 12.2. The molecular formula is C21H15ClFNS. The molecule has 0 N–H and O–H groups in total. The Kier molecular flexibility index (Phi) is 4.60. The predicted octanol–water partition coefficient (Wildman–Crippen LogP) is 6.84. The maximum Gasteiger partial charge on any atom is 0.127 e. The SMILES string of the molecule is Fc1ccccc1C1CC(c2ccc(Cl)cc2)=Nc2ccccc2S1. The van der Waals surface area contributed by atoms with E-state index < -0.39 is 0 Å². The van der Waals surface area contributed by atoms with Crippen molar-refractivity contribution in [1.29, 1.82) is 0 Å². The lowest BCUT2D eigenvalue weighted by molar-refractivity contribution is 0.609. The smallest absolute Gasteiger partial charge is 0.127 e. The normalized spacial score (nSPS) is 16.7. The van der Waals surface area contributed by atoms with Gasteiger partial charge >= 0.3 is 0 Å². The molecule has 0 amide bonds. The molecule has 1 heterocycles. The van der Waals surface area contributed by atoms with Gasteiger partial charge < -0.3 is 0 Å². The van der Waals surface area contributed by atoms with Gasteiger partial charge in [0.15, 0.2) is 0 Å². The molecule has 4 rings (SSSR count). The maximum absolute atomic E-state index is 14.4. The number of halogens is 2. The van der Waals surface area contributed by atoms with Crippen molar-refractivity contribution in [3.63, 3.8) is 0 Å². The average Bonchev–Trinajstić information content (AvgIpc) is 2.82. The van der Waals surface area contributed by atoms with Gasteiger partial charge in [0.1, 0.15) is 5.82 Å². The van der Waals surface area contributed by atoms with E-state index in [-0.39, 0.29) is 11.1 Å². The van der Waals surface area contributed by atoms with E-state index in [9.17, 15) is 4.39 Å². The van der Waals surface area contributed by atoms with Gasteiger partial charge in [0.2, 0.25) is 0 Å². The third-order valence-corrected chi connectivity index (χ3v) is 5.75. The molecule has 1 nitrogen and oxygen atoms in total. The fourth-order valence-corrected chi connectivity index (χ4v) is 4.33. The summed E-state index contributed by atoms with van der Waals surface area (Å²) in [7, 11) is 0. The monoisotopic (exact) mass is 367 g/mol. The van der Waals surface area contributed by atoms with Crippen molar-refractivity contribution < 1.29 is 4.39 Å². The number of fused-ring (bicyclic) bond motifs is 1. The van der Waals surface area contributed by atoms with Crippen LogP contribution in [0.4, 0.5) is 10.1 Å². The highest BCUT2D eigenvalue weighted by molar-refractivity contribution is 7.99. The molecule has 1 aliphatic rings. The first-order valence-electron chi connectivity index (χ1n) is 8.04. The molecule has 0 saturated carbocycles. The summed E-state index contributed by atoms with van der Waals surface area (Å²) in [5.41, 5.74) is 3.60. The summed E-state index contributed by atoms with van der Waals surface area (Å²) in [4.78, 5) is 5.94. The molecule has 1 atom stereocenters. The van der Waals surface area contributed by atoms with Gasteiger partial charge in [-0.3, -0.25) is 4.99 Å². The van der Waals surface area contributed by atoms with E-state index in [0.717, 1.165) is 21.9 Å². The standard InChI is InChI=1S/C21H15ClFNS/c22-15-11-9-14(10-12-15)19-13-21(16-5-1-2-6-17(16)23)25-20-8-4-3-7-18(20)24-19/h1-12,21H,13H2. The van der Waals surface area contributed by atoms with E-state index in [1.165, 1.54) is 6.07 Å². The van der Waals surface area contributed by atoms with Gasteiger partial charge in [-0.25, -0.2) is 4.39 Å². The molecule has 25 heavy (non-hydrogen) atoms. The molecule has 1 aliphatic heterocycles. The fraction of sp³-hybridized carbons (Fsp3) is 0.0952. The lowest BCUT2D eigenvalue weighted by Gasteiger charge is -2.16. The zero-order chi connectivity index (χ0) is 17.2. The fourth-order valence-electron chi connectivity index (χ4n) is 2.95. The zero-order valence-electron chi connectivity index (χ0n) is 13.3. The number of hydrogen-bond donors (Lipinski definition) is 0. The second-order valence-corrected chi connectivity index (χ2v) is 7.55. The van der Waals surface area contributed by atoms with Crippen LogP contribution in [0.3, 0.4) is 0 Å². The van der Waals surface area contributed by atoms with Crippen molar-refractivity contribution in [2.45, 2.75) is 16.6 Å². The summed E-state index contributed by atoms with van der Waals surface area (Å²) in [6.07, 6.45) is 0.655. The number of thioether (sulfide) groups is 1. The molecule has 0 aliphatic carbocycles. The highest BCUT2D eigenvalue weighted by Gasteiger charge is 2.24. The lowest BCUT2D eigenvalue weighted by Crippen LogP contribution is -2.06. The third kappa shape index (κ3) is 3.48. The minimum absolute atomic E-state index is 0.0284. The second kappa shape index (κ2) is 7.03. The number of hydrogen-bond acceptors (Lipinski definition) is 2. The summed E-state index contributed by atoms with van der Waals surface area (Å²) in [5.74, 6) is -0.171. The molecule has 0 saturated heterocycles. The van der Waals surface area contributed by atoms with Crippen molar-refractivity contribution in [3.05, 3.63) is 94.8 Å². The van der Waals surface area contributed by atoms with Crippen molar-refractivity contribution in [3.8, 4) is 0 Å². The summed E-state index contributed by atoms with van der Waals surface area (Å²) < 4.78 is 14.4. The Morgan fingerprint density at radius 3 is 2.44 bits per heavy atom. The van der Waals surface area contributed by atoms with Crippen LogP contribution in [0.5, 0.6) is 0 Å². The topological polar surface area (TPSA) is 12.4 Å². The first-order valence-corrected chi connectivity index (χ1v) is 9.30. The molecule has 0 bridgehead atoms. The minimum atomic E-state index is -0.171. The molecule has 1 unspecified atom stereocenters. The Morgan fingerprint density at radius 2 is 1.64 bits per heavy atom. The molecule has 0 radical (unpaired) electrons. The minimum Gasteiger partial charge on any atom is -0.252 e. The van der Waals surface area contributed by atoms with Gasteiger partial charge in [-0.15, -0.1) is 11.8 Å². The van der Waals surface area contributed by atoms with Crippen molar-refractivity contribution in [1.82, 2.24) is 0 Å². The maximum atomic E-state index is 14.4. The van der Waals surface area contributed by atoms with Gasteiger partial charge in [0.05, 0.1) is 5.69 Å². The van der Waals surface area contributed by atoms with E-state index in [4.69, 9.17) is 16.6 Å². The first kappa shape index (κ1) is 16.4. The van der Waals surface area contributed by atoms with Gasteiger partial charge in [0.25, 0.3) is 0 Å². The molecule has 0 spiro atoms. The van der Waals surface area contributed by atoms with Gasteiger partial charge in [-0.1, -0.05) is 54.1 Å². The van der Waals surface area contributed by atoms with Gasteiger partial charge in [0, 0.05) is 32.9 Å². The molecule has 0 aromatic heterocycles. The molecule has 0 fully saturated rings. The van der Waals surface area contributed by atoms with Gasteiger partial charge in [-0.05, 0) is 35.9 Å². The Hall–Kier alpha value is -2.10. The summed E-state index contributed by atoms with van der Waals surface area (Å²) in [6.45, 7) is 0. The number of aliphatic imine (C=N–C) groups is 1. The van der Waals surface area contributed by atoms with E-state index in [2.05, 4.69) is 0 Å². The van der Waals surface area contributed by atoms with Crippen LogP contribution in [0.2, 0.25) is 5.02 Å². The summed E-state index contributed by atoms with van der Waals surface area (Å²) in [6, 6.07) is 22.7. The quantitative estimate of drug-likeness (QED) is 0.483. The molecule has 3 aromatic carbocycles. The Morgan fingerprint density at radius 1 is 0.920 bits per heavy atom. The summed E-state index contributed by atoms with van der Waals surface area (Å²) in [5, 5.41) is 0.665. The Bertz CT molecular complexity index is 937. The molecule has 3 aromatic rings. The van der Waals surface area contributed by atoms with Crippen LogP contribution in [0, 0.1) is 5.82 Å². The van der Waals surface area contributed by atoms with Crippen LogP contribution in [0.25, 0.3) is 0 Å². The molecule has 124 valence electrons. The van der Waals surface area contributed by atoms with Crippen LogP contribution in [0.15, 0.2) is 82.7 Å². The van der Waals surface area contributed by atoms with E-state index >= 15 is 0 Å². The molecule has 4 heteroatoms. The van der Waals surface area contributed by atoms with Gasteiger partial charge in [-0.2, -0.15) is 0 Å². The molecular weight excluding hydrogens is 353 g/mol. The van der Waals surface area contributed by atoms with Crippen molar-refractivity contribution in [2.75, 3.05) is 0 Å². The predicted molar refractivity (Wildman–Crippen MR) is 104 cm³/mol. The number of benzene rings is 3. The summed E-state index contributed by atoms with van der Waals surface area (Å²) >= 11 is 7.68. The van der Waals surface area contributed by atoms with Crippen LogP contribution in [0.1, 0.15) is 22.8 Å². The van der Waals surface area contributed by atoms with E-state index in [1.807, 2.05) is 60.7 Å². The van der Waals surface area contributed by atoms with Crippen LogP contribution in [-0.2, 0) is 0 Å². The zero-order valence-corrected chi connectivity index (χ0v) is 14.9. The lowest BCUT2D eigenvalue weighted by atomic mass is 10.0. The number of para-hydroxylation sites is 1. The largest absolute Gasteiger partial charge is 0.252 e. The van der Waals surface area contributed by atoms with Crippen LogP contribution < -0.4 is 0 Å². The van der Waals surface area contributed by atoms with Crippen LogP contribution in [-0.4, -0.2) is 5.71 Å².